The highest BCUT2D eigenvalue weighted by Crippen LogP contribution is 2.24. The minimum Gasteiger partial charge on any atom is -0.406 e. The van der Waals surface area contributed by atoms with E-state index in [0.717, 1.165) is 12.1 Å². The molecule has 2 N–H and O–H groups in total. The van der Waals surface area contributed by atoms with Crippen LogP contribution in [0, 0.1) is 4.77 Å². The zero-order valence-corrected chi connectivity index (χ0v) is 17.2. The number of ether oxygens (including phenoxy) is 1. The molecule has 0 atom stereocenters. The molecule has 0 spiro atoms. The van der Waals surface area contributed by atoms with Gasteiger partial charge >= 0.3 is 6.36 Å². The van der Waals surface area contributed by atoms with Crippen molar-refractivity contribution in [3.8, 4) is 5.75 Å². The number of hydrogen-bond acceptors (Lipinski definition) is 4. The van der Waals surface area contributed by atoms with Gasteiger partial charge in [0.2, 0.25) is 5.91 Å². The Morgan fingerprint density at radius 1 is 1.06 bits per heavy atom. The first-order valence-electron chi connectivity index (χ1n) is 9.60. The molecule has 0 saturated carbocycles. The molecule has 6 nitrogen and oxygen atoms in total. The lowest BCUT2D eigenvalue weighted by Crippen LogP contribution is -2.22. The van der Waals surface area contributed by atoms with Crippen molar-refractivity contribution in [1.29, 1.82) is 0 Å². The SMILES string of the molecule is O=C(CCCCCn1c(=S)[nH]c2ccccc2c1=O)Nc1ccc(OC(F)(F)F)cc1. The molecule has 0 bridgehead atoms. The number of anilines is 1. The third kappa shape index (κ3) is 6.42. The van der Waals surface area contributed by atoms with Gasteiger partial charge in [-0.2, -0.15) is 0 Å². The summed E-state index contributed by atoms with van der Waals surface area (Å²) in [6.45, 7) is 0.446. The van der Waals surface area contributed by atoms with E-state index >= 15 is 0 Å². The summed E-state index contributed by atoms with van der Waals surface area (Å²) < 4.78 is 42.1. The van der Waals surface area contributed by atoms with Gasteiger partial charge in [-0.25, -0.2) is 0 Å². The number of para-hydroxylation sites is 1. The molecule has 0 aliphatic heterocycles. The van der Waals surface area contributed by atoms with Crippen LogP contribution in [0.5, 0.6) is 5.75 Å². The predicted octanol–water partition coefficient (Wildman–Crippen LogP) is 5.16. The Hall–Kier alpha value is -3.14. The van der Waals surface area contributed by atoms with Gasteiger partial charge in [-0.05, 0) is 61.5 Å². The zero-order chi connectivity index (χ0) is 22.4. The first-order valence-corrected chi connectivity index (χ1v) is 10.0. The maximum Gasteiger partial charge on any atom is 0.573 e. The molecular formula is C21H20F3N3O3S. The maximum absolute atomic E-state index is 12.6. The molecule has 0 radical (unpaired) electrons. The van der Waals surface area contributed by atoms with E-state index in [0.29, 0.717) is 47.2 Å². The zero-order valence-electron chi connectivity index (χ0n) is 16.4. The monoisotopic (exact) mass is 451 g/mol. The molecule has 1 heterocycles. The van der Waals surface area contributed by atoms with Gasteiger partial charge in [0.15, 0.2) is 4.77 Å². The van der Waals surface area contributed by atoms with Crippen molar-refractivity contribution in [3.63, 3.8) is 0 Å². The molecule has 2 aromatic carbocycles. The molecule has 1 aromatic heterocycles. The fourth-order valence-electron chi connectivity index (χ4n) is 3.10. The number of carbonyl (C=O) groups excluding carboxylic acids is 1. The van der Waals surface area contributed by atoms with E-state index in [1.807, 2.05) is 6.07 Å². The van der Waals surface area contributed by atoms with Crippen LogP contribution in [-0.4, -0.2) is 21.8 Å². The second-order valence-corrected chi connectivity index (χ2v) is 7.25. The van der Waals surface area contributed by atoms with Gasteiger partial charge in [0.25, 0.3) is 5.56 Å². The third-order valence-corrected chi connectivity index (χ3v) is 4.87. The first kappa shape index (κ1) is 22.5. The van der Waals surface area contributed by atoms with Crippen LogP contribution in [0.3, 0.4) is 0 Å². The molecule has 0 saturated heterocycles. The lowest BCUT2D eigenvalue weighted by atomic mass is 10.2. The molecule has 0 aliphatic carbocycles. The summed E-state index contributed by atoms with van der Waals surface area (Å²) in [5, 5.41) is 3.20. The summed E-state index contributed by atoms with van der Waals surface area (Å²) in [7, 11) is 0. The van der Waals surface area contributed by atoms with Crippen LogP contribution in [-0.2, 0) is 11.3 Å². The summed E-state index contributed by atoms with van der Waals surface area (Å²) in [5.41, 5.74) is 0.937. The van der Waals surface area contributed by atoms with Crippen LogP contribution in [0.15, 0.2) is 53.3 Å². The molecule has 0 unspecified atom stereocenters. The minimum absolute atomic E-state index is 0.143. The largest absolute Gasteiger partial charge is 0.573 e. The van der Waals surface area contributed by atoms with Crippen molar-refractivity contribution >= 4 is 34.7 Å². The number of amides is 1. The van der Waals surface area contributed by atoms with E-state index in [9.17, 15) is 22.8 Å². The van der Waals surface area contributed by atoms with E-state index in [1.54, 1.807) is 18.2 Å². The van der Waals surface area contributed by atoms with Gasteiger partial charge in [0.1, 0.15) is 5.75 Å². The number of H-pyrrole nitrogens is 1. The molecular weight excluding hydrogens is 431 g/mol. The first-order chi connectivity index (χ1) is 14.7. The molecule has 31 heavy (non-hydrogen) atoms. The summed E-state index contributed by atoms with van der Waals surface area (Å²) in [4.78, 5) is 27.6. The molecule has 0 aliphatic rings. The van der Waals surface area contributed by atoms with Crippen LogP contribution >= 0.6 is 12.2 Å². The Labute approximate surface area is 180 Å². The van der Waals surface area contributed by atoms with E-state index in [1.165, 1.54) is 16.7 Å². The highest BCUT2D eigenvalue weighted by atomic mass is 32.1. The Balaban J connectivity index is 1.44. The van der Waals surface area contributed by atoms with Crippen molar-refractivity contribution in [1.82, 2.24) is 9.55 Å². The molecule has 164 valence electrons. The topological polar surface area (TPSA) is 76.1 Å². The second-order valence-electron chi connectivity index (χ2n) is 6.86. The number of aromatic nitrogens is 2. The lowest BCUT2D eigenvalue weighted by molar-refractivity contribution is -0.274. The van der Waals surface area contributed by atoms with Crippen molar-refractivity contribution in [3.05, 3.63) is 63.7 Å². The highest BCUT2D eigenvalue weighted by molar-refractivity contribution is 7.71. The maximum atomic E-state index is 12.6. The Bertz CT molecular complexity index is 1170. The van der Waals surface area contributed by atoms with Gasteiger partial charge in [0, 0.05) is 18.7 Å². The molecule has 3 aromatic rings. The van der Waals surface area contributed by atoms with E-state index in [2.05, 4.69) is 15.0 Å². The van der Waals surface area contributed by atoms with E-state index in [-0.39, 0.29) is 23.6 Å². The number of fused-ring (bicyclic) bond motifs is 1. The van der Waals surface area contributed by atoms with E-state index in [4.69, 9.17) is 12.2 Å². The van der Waals surface area contributed by atoms with Gasteiger partial charge < -0.3 is 15.0 Å². The lowest BCUT2D eigenvalue weighted by Gasteiger charge is -2.10. The van der Waals surface area contributed by atoms with Crippen molar-refractivity contribution in [2.45, 2.75) is 38.6 Å². The number of nitrogens with one attached hydrogen (secondary N) is 2. The van der Waals surface area contributed by atoms with Crippen molar-refractivity contribution in [2.24, 2.45) is 0 Å². The number of unbranched alkanes of at least 4 members (excludes halogenated alkanes) is 2. The molecule has 1 amide bonds. The standard InChI is InChI=1S/C21H20F3N3O3S/c22-21(23,24)30-15-11-9-14(10-12-15)25-18(28)8-2-1-5-13-27-19(29)16-6-3-4-7-17(16)26-20(27)31/h3-4,6-7,9-12H,1-2,5,8,13H2,(H,25,28)(H,26,31). The number of nitrogens with zero attached hydrogens (tertiary/aromatic N) is 1. The van der Waals surface area contributed by atoms with Gasteiger partial charge in [0.05, 0.1) is 10.9 Å². The average molecular weight is 451 g/mol. The van der Waals surface area contributed by atoms with Gasteiger partial charge in [-0.1, -0.05) is 18.6 Å². The summed E-state index contributed by atoms with van der Waals surface area (Å²) in [6.07, 6.45) is -2.53. The normalized spacial score (nSPS) is 11.5. The fourth-order valence-corrected chi connectivity index (χ4v) is 3.38. The molecule has 0 fully saturated rings. The Morgan fingerprint density at radius 2 is 1.77 bits per heavy atom. The summed E-state index contributed by atoms with van der Waals surface area (Å²) in [6, 6.07) is 12.1. The summed E-state index contributed by atoms with van der Waals surface area (Å²) >= 11 is 5.27. The molecule has 10 heteroatoms. The third-order valence-electron chi connectivity index (χ3n) is 4.55. The number of halogens is 3. The van der Waals surface area contributed by atoms with Crippen molar-refractivity contribution in [2.75, 3.05) is 5.32 Å². The quantitative estimate of drug-likeness (QED) is 0.367. The van der Waals surface area contributed by atoms with Gasteiger partial charge in [-0.3, -0.25) is 14.2 Å². The Kier molecular flexibility index (Phi) is 7.11. The number of rotatable bonds is 8. The Morgan fingerprint density at radius 3 is 2.48 bits per heavy atom. The van der Waals surface area contributed by atoms with Crippen LogP contribution in [0.25, 0.3) is 10.9 Å². The number of benzene rings is 2. The van der Waals surface area contributed by atoms with E-state index < -0.39 is 6.36 Å². The minimum atomic E-state index is -4.76. The summed E-state index contributed by atoms with van der Waals surface area (Å²) in [5.74, 6) is -0.600. The van der Waals surface area contributed by atoms with Crippen molar-refractivity contribution < 1.29 is 22.7 Å². The number of aromatic amines is 1. The van der Waals surface area contributed by atoms with Gasteiger partial charge in [-0.15, -0.1) is 13.2 Å². The average Bonchev–Trinajstić information content (AvgIpc) is 2.70. The van der Waals surface area contributed by atoms with Crippen LogP contribution in [0.4, 0.5) is 18.9 Å². The number of hydrogen-bond donors (Lipinski definition) is 2. The predicted molar refractivity (Wildman–Crippen MR) is 114 cm³/mol. The smallest absolute Gasteiger partial charge is 0.406 e. The second kappa shape index (κ2) is 9.78. The highest BCUT2D eigenvalue weighted by Gasteiger charge is 2.30. The van der Waals surface area contributed by atoms with Crippen LogP contribution in [0.1, 0.15) is 25.7 Å². The number of alkyl halides is 3. The van der Waals surface area contributed by atoms with Crippen LogP contribution in [0.2, 0.25) is 0 Å². The molecule has 3 rings (SSSR count). The van der Waals surface area contributed by atoms with Crippen LogP contribution < -0.4 is 15.6 Å². The fraction of sp³-hybridized carbons (Fsp3) is 0.286. The number of carbonyl (C=O) groups is 1.